The third-order valence-corrected chi connectivity index (χ3v) is 3.13. The molecule has 0 radical (unpaired) electrons. The lowest BCUT2D eigenvalue weighted by Crippen LogP contribution is -2.33. The van der Waals surface area contributed by atoms with Gasteiger partial charge in [-0.3, -0.25) is 4.79 Å². The van der Waals surface area contributed by atoms with Gasteiger partial charge in [0.15, 0.2) is 0 Å². The van der Waals surface area contributed by atoms with Crippen LogP contribution in [0.25, 0.3) is 6.08 Å². The average Bonchev–Trinajstić information content (AvgIpc) is 2.39. The maximum Gasteiger partial charge on any atom is 0.244 e. The Kier molecular flexibility index (Phi) is 6.94. The van der Waals surface area contributed by atoms with E-state index in [9.17, 15) is 4.79 Å². The molecule has 1 rings (SSSR count). The minimum Gasteiger partial charge on any atom is -0.350 e. The van der Waals surface area contributed by atoms with E-state index in [0.29, 0.717) is 6.04 Å². The Labute approximate surface area is 116 Å². The van der Waals surface area contributed by atoms with E-state index in [1.165, 1.54) is 5.56 Å². The normalized spacial score (nSPS) is 11.2. The zero-order valence-electron chi connectivity index (χ0n) is 12.3. The van der Waals surface area contributed by atoms with E-state index in [-0.39, 0.29) is 5.91 Å². The number of hydrogen-bond acceptors (Lipinski definition) is 1. The summed E-state index contributed by atoms with van der Waals surface area (Å²) in [6.45, 7) is 6.36. The van der Waals surface area contributed by atoms with Crippen molar-refractivity contribution < 1.29 is 4.79 Å². The highest BCUT2D eigenvalue weighted by Gasteiger charge is 2.07. The molecule has 0 aliphatic rings. The van der Waals surface area contributed by atoms with Gasteiger partial charge in [0.05, 0.1) is 0 Å². The molecular formula is C17H25NO. The topological polar surface area (TPSA) is 29.1 Å². The van der Waals surface area contributed by atoms with Crippen molar-refractivity contribution in [2.45, 2.75) is 52.5 Å². The number of rotatable bonds is 7. The van der Waals surface area contributed by atoms with Crippen molar-refractivity contribution in [1.29, 1.82) is 0 Å². The van der Waals surface area contributed by atoms with Crippen molar-refractivity contribution in [3.63, 3.8) is 0 Å². The van der Waals surface area contributed by atoms with Crippen LogP contribution in [0.1, 0.15) is 50.7 Å². The number of hydrogen-bond donors (Lipinski definition) is 1. The highest BCUT2D eigenvalue weighted by atomic mass is 16.1. The van der Waals surface area contributed by atoms with Gasteiger partial charge in [-0.1, -0.05) is 56.5 Å². The molecular weight excluding hydrogens is 234 g/mol. The van der Waals surface area contributed by atoms with Crippen molar-refractivity contribution in [2.75, 3.05) is 0 Å². The summed E-state index contributed by atoms with van der Waals surface area (Å²) in [5.74, 6) is 0.00692. The summed E-state index contributed by atoms with van der Waals surface area (Å²) in [5, 5.41) is 3.07. The van der Waals surface area contributed by atoms with Crippen LogP contribution in [-0.4, -0.2) is 11.9 Å². The summed E-state index contributed by atoms with van der Waals surface area (Å²) in [5.41, 5.74) is 2.29. The first-order valence-electron chi connectivity index (χ1n) is 7.21. The molecule has 0 aromatic heterocycles. The van der Waals surface area contributed by atoms with Crippen molar-refractivity contribution in [3.8, 4) is 0 Å². The Balaban J connectivity index is 2.51. The van der Waals surface area contributed by atoms with Crippen LogP contribution in [0.2, 0.25) is 0 Å². The molecule has 0 saturated carbocycles. The molecule has 104 valence electrons. The third-order valence-electron chi connectivity index (χ3n) is 3.13. The predicted molar refractivity (Wildman–Crippen MR) is 82.0 cm³/mol. The standard InChI is InChI=1S/C17H25NO/c1-4-6-16(7-5-2)18-17(19)13-12-15-10-8-14(3)9-11-15/h8-13,16H,4-7H2,1-3H3,(H,18,19)/b13-12+. The number of aryl methyl sites for hydroxylation is 1. The van der Waals surface area contributed by atoms with Gasteiger partial charge in [0.25, 0.3) is 0 Å². The average molecular weight is 259 g/mol. The molecule has 1 aromatic rings. The SMILES string of the molecule is CCCC(CCC)NC(=O)/C=C/c1ccc(C)cc1. The minimum absolute atomic E-state index is 0.00692. The molecule has 0 atom stereocenters. The molecule has 2 heteroatoms. The molecule has 0 heterocycles. The fourth-order valence-electron chi connectivity index (χ4n) is 2.08. The van der Waals surface area contributed by atoms with Crippen LogP contribution in [0, 0.1) is 6.92 Å². The Morgan fingerprint density at radius 1 is 1.16 bits per heavy atom. The lowest BCUT2D eigenvalue weighted by atomic mass is 10.1. The monoisotopic (exact) mass is 259 g/mol. The fourth-order valence-corrected chi connectivity index (χ4v) is 2.08. The molecule has 2 nitrogen and oxygen atoms in total. The highest BCUT2D eigenvalue weighted by Crippen LogP contribution is 2.06. The van der Waals surface area contributed by atoms with Crippen molar-refractivity contribution >= 4 is 12.0 Å². The lowest BCUT2D eigenvalue weighted by molar-refractivity contribution is -0.117. The summed E-state index contributed by atoms with van der Waals surface area (Å²) >= 11 is 0. The van der Waals surface area contributed by atoms with Crippen LogP contribution in [0.4, 0.5) is 0 Å². The molecule has 0 unspecified atom stereocenters. The zero-order valence-corrected chi connectivity index (χ0v) is 12.3. The smallest absolute Gasteiger partial charge is 0.244 e. The van der Waals surface area contributed by atoms with Crippen LogP contribution in [0.15, 0.2) is 30.3 Å². The van der Waals surface area contributed by atoms with Gasteiger partial charge in [-0.05, 0) is 31.4 Å². The number of nitrogens with one attached hydrogen (secondary N) is 1. The second-order valence-electron chi connectivity index (χ2n) is 5.03. The quantitative estimate of drug-likeness (QED) is 0.734. The maximum atomic E-state index is 11.8. The van der Waals surface area contributed by atoms with Crippen molar-refractivity contribution in [1.82, 2.24) is 5.32 Å². The molecule has 0 aliphatic carbocycles. The Morgan fingerprint density at radius 2 is 1.74 bits per heavy atom. The first-order valence-corrected chi connectivity index (χ1v) is 7.21. The molecule has 1 aromatic carbocycles. The van der Waals surface area contributed by atoms with Gasteiger partial charge in [0.1, 0.15) is 0 Å². The van der Waals surface area contributed by atoms with E-state index in [1.54, 1.807) is 6.08 Å². The van der Waals surface area contributed by atoms with E-state index < -0.39 is 0 Å². The molecule has 0 saturated heterocycles. The second kappa shape index (κ2) is 8.52. The van der Waals surface area contributed by atoms with Gasteiger partial charge in [-0.25, -0.2) is 0 Å². The van der Waals surface area contributed by atoms with Gasteiger partial charge in [-0.15, -0.1) is 0 Å². The molecule has 0 bridgehead atoms. The van der Waals surface area contributed by atoms with Gasteiger partial charge >= 0.3 is 0 Å². The van der Waals surface area contributed by atoms with E-state index in [4.69, 9.17) is 0 Å². The first kappa shape index (κ1) is 15.5. The van der Waals surface area contributed by atoms with Crippen LogP contribution in [0.3, 0.4) is 0 Å². The number of carbonyl (C=O) groups excluding carboxylic acids is 1. The minimum atomic E-state index is 0.00692. The number of amides is 1. The van der Waals surface area contributed by atoms with E-state index in [0.717, 1.165) is 31.2 Å². The van der Waals surface area contributed by atoms with E-state index >= 15 is 0 Å². The highest BCUT2D eigenvalue weighted by molar-refractivity contribution is 5.91. The van der Waals surface area contributed by atoms with Crippen LogP contribution >= 0.6 is 0 Å². The predicted octanol–water partition coefficient (Wildman–Crippen LogP) is 4.09. The molecule has 0 fully saturated rings. The molecule has 19 heavy (non-hydrogen) atoms. The Morgan fingerprint density at radius 3 is 2.26 bits per heavy atom. The zero-order chi connectivity index (χ0) is 14.1. The first-order chi connectivity index (χ1) is 9.15. The van der Waals surface area contributed by atoms with Gasteiger partial charge in [0, 0.05) is 12.1 Å². The summed E-state index contributed by atoms with van der Waals surface area (Å²) in [7, 11) is 0. The molecule has 0 spiro atoms. The summed E-state index contributed by atoms with van der Waals surface area (Å²) in [4.78, 5) is 11.8. The van der Waals surface area contributed by atoms with Gasteiger partial charge in [0.2, 0.25) is 5.91 Å². The summed E-state index contributed by atoms with van der Waals surface area (Å²) in [6, 6.07) is 8.46. The number of carbonyl (C=O) groups is 1. The van der Waals surface area contributed by atoms with Gasteiger partial charge in [-0.2, -0.15) is 0 Å². The molecule has 1 amide bonds. The third kappa shape index (κ3) is 6.23. The van der Waals surface area contributed by atoms with Crippen molar-refractivity contribution in [3.05, 3.63) is 41.5 Å². The lowest BCUT2D eigenvalue weighted by Gasteiger charge is -2.15. The van der Waals surface area contributed by atoms with Crippen LogP contribution in [0.5, 0.6) is 0 Å². The van der Waals surface area contributed by atoms with Crippen LogP contribution < -0.4 is 5.32 Å². The number of benzene rings is 1. The fraction of sp³-hybridized carbons (Fsp3) is 0.471. The summed E-state index contributed by atoms with van der Waals surface area (Å²) in [6.07, 6.45) is 7.81. The second-order valence-corrected chi connectivity index (χ2v) is 5.03. The molecule has 1 N–H and O–H groups in total. The Bertz CT molecular complexity index is 400. The Hall–Kier alpha value is -1.57. The van der Waals surface area contributed by atoms with E-state index in [2.05, 4.69) is 38.2 Å². The van der Waals surface area contributed by atoms with Crippen LogP contribution in [-0.2, 0) is 4.79 Å². The maximum absolute atomic E-state index is 11.8. The van der Waals surface area contributed by atoms with Crippen molar-refractivity contribution in [2.24, 2.45) is 0 Å². The van der Waals surface area contributed by atoms with Gasteiger partial charge < -0.3 is 5.32 Å². The largest absolute Gasteiger partial charge is 0.350 e. The van der Waals surface area contributed by atoms with E-state index in [1.807, 2.05) is 18.2 Å². The summed E-state index contributed by atoms with van der Waals surface area (Å²) < 4.78 is 0. The molecule has 0 aliphatic heterocycles.